The molecule has 0 aromatic heterocycles. The topological polar surface area (TPSA) is 35.8 Å². The standard InChI is InChI=1S/C17H26N2/c1-12-8-14(3)15(9-13(12)2)16(4,5)11-19-17(6,7)10-18/h8-9,19H,11H2,1-7H3. The maximum atomic E-state index is 9.08. The molecule has 0 fully saturated rings. The van der Waals surface area contributed by atoms with Crippen LogP contribution in [-0.4, -0.2) is 12.1 Å². The first-order valence-corrected chi connectivity index (χ1v) is 6.84. The zero-order chi connectivity index (χ0) is 14.8. The van der Waals surface area contributed by atoms with E-state index in [1.165, 1.54) is 22.3 Å². The smallest absolute Gasteiger partial charge is 0.101 e. The van der Waals surface area contributed by atoms with Crippen LogP contribution in [0.25, 0.3) is 0 Å². The van der Waals surface area contributed by atoms with Gasteiger partial charge in [0.05, 0.1) is 6.07 Å². The molecule has 1 aromatic carbocycles. The fourth-order valence-electron chi connectivity index (χ4n) is 2.27. The molecule has 0 heterocycles. The Kier molecular flexibility index (Phi) is 4.43. The van der Waals surface area contributed by atoms with Crippen molar-refractivity contribution in [2.45, 2.75) is 59.4 Å². The lowest BCUT2D eigenvalue weighted by Crippen LogP contribution is -2.44. The summed E-state index contributed by atoms with van der Waals surface area (Å²) in [7, 11) is 0. The van der Waals surface area contributed by atoms with Crippen LogP contribution in [0.2, 0.25) is 0 Å². The van der Waals surface area contributed by atoms with Crippen LogP contribution in [0.3, 0.4) is 0 Å². The third-order valence-electron chi connectivity index (χ3n) is 3.82. The van der Waals surface area contributed by atoms with Crippen LogP contribution < -0.4 is 5.32 Å². The molecule has 0 unspecified atom stereocenters. The Morgan fingerprint density at radius 3 is 2.05 bits per heavy atom. The molecule has 0 saturated heterocycles. The third-order valence-corrected chi connectivity index (χ3v) is 3.82. The monoisotopic (exact) mass is 258 g/mol. The maximum absolute atomic E-state index is 9.08. The highest BCUT2D eigenvalue weighted by atomic mass is 15.0. The van der Waals surface area contributed by atoms with Crippen LogP contribution >= 0.6 is 0 Å². The van der Waals surface area contributed by atoms with E-state index in [1.54, 1.807) is 0 Å². The minimum atomic E-state index is -0.481. The van der Waals surface area contributed by atoms with Gasteiger partial charge in [0, 0.05) is 12.0 Å². The van der Waals surface area contributed by atoms with E-state index in [1.807, 2.05) is 13.8 Å². The van der Waals surface area contributed by atoms with Gasteiger partial charge in [-0.2, -0.15) is 5.26 Å². The third kappa shape index (κ3) is 3.81. The highest BCUT2D eigenvalue weighted by Crippen LogP contribution is 2.28. The van der Waals surface area contributed by atoms with Gasteiger partial charge in [-0.05, 0) is 56.9 Å². The lowest BCUT2D eigenvalue weighted by Gasteiger charge is -2.31. The Balaban J connectivity index is 3.01. The first-order valence-electron chi connectivity index (χ1n) is 6.84. The Bertz CT molecular complexity index is 505. The number of nitrogens with one attached hydrogen (secondary N) is 1. The molecule has 0 amide bonds. The van der Waals surface area contributed by atoms with Gasteiger partial charge < -0.3 is 0 Å². The van der Waals surface area contributed by atoms with E-state index in [-0.39, 0.29) is 5.41 Å². The summed E-state index contributed by atoms with van der Waals surface area (Å²) in [5.74, 6) is 0. The van der Waals surface area contributed by atoms with Gasteiger partial charge >= 0.3 is 0 Å². The summed E-state index contributed by atoms with van der Waals surface area (Å²) in [6, 6.07) is 6.82. The van der Waals surface area contributed by atoms with Crippen molar-refractivity contribution in [3.63, 3.8) is 0 Å². The summed E-state index contributed by atoms with van der Waals surface area (Å²) >= 11 is 0. The number of benzene rings is 1. The fourth-order valence-corrected chi connectivity index (χ4v) is 2.27. The van der Waals surface area contributed by atoms with Gasteiger partial charge in [0.2, 0.25) is 0 Å². The number of hydrogen-bond acceptors (Lipinski definition) is 2. The van der Waals surface area contributed by atoms with E-state index in [0.717, 1.165) is 6.54 Å². The molecule has 2 nitrogen and oxygen atoms in total. The van der Waals surface area contributed by atoms with E-state index < -0.39 is 5.54 Å². The molecule has 0 atom stereocenters. The minimum absolute atomic E-state index is 0.0106. The van der Waals surface area contributed by atoms with Crippen LogP contribution in [-0.2, 0) is 5.41 Å². The number of rotatable bonds is 4. The van der Waals surface area contributed by atoms with Crippen molar-refractivity contribution in [3.8, 4) is 6.07 Å². The highest BCUT2D eigenvalue weighted by Gasteiger charge is 2.26. The number of nitrogens with zero attached hydrogens (tertiary/aromatic N) is 1. The molecule has 0 bridgehead atoms. The maximum Gasteiger partial charge on any atom is 0.101 e. The molecule has 1 rings (SSSR count). The van der Waals surface area contributed by atoms with E-state index >= 15 is 0 Å². The number of aryl methyl sites for hydroxylation is 3. The van der Waals surface area contributed by atoms with Crippen molar-refractivity contribution < 1.29 is 0 Å². The molecule has 0 spiro atoms. The van der Waals surface area contributed by atoms with Crippen LogP contribution in [0.15, 0.2) is 12.1 Å². The second-order valence-electron chi connectivity index (χ2n) is 6.73. The van der Waals surface area contributed by atoms with Crippen molar-refractivity contribution >= 4 is 0 Å². The molecule has 0 radical (unpaired) electrons. The Morgan fingerprint density at radius 2 is 1.53 bits per heavy atom. The summed E-state index contributed by atoms with van der Waals surface area (Å²) in [5, 5.41) is 12.4. The number of hydrogen-bond donors (Lipinski definition) is 1. The van der Waals surface area contributed by atoms with Crippen LogP contribution in [0.1, 0.15) is 49.9 Å². The van der Waals surface area contributed by atoms with Crippen molar-refractivity contribution in [2.24, 2.45) is 0 Å². The Labute approximate surface area is 117 Å². The summed E-state index contributed by atoms with van der Waals surface area (Å²) in [5.41, 5.74) is 4.87. The molecule has 0 aliphatic carbocycles. The normalized spacial score (nSPS) is 12.3. The van der Waals surface area contributed by atoms with Crippen molar-refractivity contribution in [3.05, 3.63) is 34.4 Å². The van der Waals surface area contributed by atoms with Crippen molar-refractivity contribution in [1.82, 2.24) is 5.32 Å². The van der Waals surface area contributed by atoms with Gasteiger partial charge in [0.25, 0.3) is 0 Å². The van der Waals surface area contributed by atoms with Gasteiger partial charge in [0.1, 0.15) is 5.54 Å². The quantitative estimate of drug-likeness (QED) is 0.892. The molecule has 1 aromatic rings. The minimum Gasteiger partial charge on any atom is -0.299 e. The average molecular weight is 258 g/mol. The molecular formula is C17H26N2. The van der Waals surface area contributed by atoms with Gasteiger partial charge in [-0.25, -0.2) is 0 Å². The SMILES string of the molecule is Cc1cc(C)c(C(C)(C)CNC(C)(C)C#N)cc1C. The molecule has 0 saturated carbocycles. The van der Waals surface area contributed by atoms with E-state index in [9.17, 15) is 0 Å². The average Bonchev–Trinajstić information content (AvgIpc) is 2.31. The lowest BCUT2D eigenvalue weighted by atomic mass is 9.80. The molecular weight excluding hydrogens is 232 g/mol. The molecule has 1 N–H and O–H groups in total. The zero-order valence-corrected chi connectivity index (χ0v) is 13.3. The van der Waals surface area contributed by atoms with Gasteiger partial charge in [0.15, 0.2) is 0 Å². The van der Waals surface area contributed by atoms with Crippen LogP contribution in [0.4, 0.5) is 0 Å². The molecule has 104 valence electrons. The Hall–Kier alpha value is -1.33. The van der Waals surface area contributed by atoms with Gasteiger partial charge in [-0.3, -0.25) is 5.32 Å². The van der Waals surface area contributed by atoms with E-state index in [2.05, 4.69) is 58.1 Å². The van der Waals surface area contributed by atoms with Gasteiger partial charge in [-0.15, -0.1) is 0 Å². The summed E-state index contributed by atoms with van der Waals surface area (Å²) < 4.78 is 0. The molecule has 19 heavy (non-hydrogen) atoms. The predicted molar refractivity (Wildman–Crippen MR) is 81.4 cm³/mol. The largest absolute Gasteiger partial charge is 0.299 e. The molecule has 0 aliphatic rings. The van der Waals surface area contributed by atoms with E-state index in [0.29, 0.717) is 0 Å². The fraction of sp³-hybridized carbons (Fsp3) is 0.588. The van der Waals surface area contributed by atoms with Gasteiger partial charge in [-0.1, -0.05) is 26.0 Å². The van der Waals surface area contributed by atoms with Crippen LogP contribution in [0.5, 0.6) is 0 Å². The molecule has 0 aliphatic heterocycles. The van der Waals surface area contributed by atoms with Crippen molar-refractivity contribution in [1.29, 1.82) is 5.26 Å². The summed E-state index contributed by atoms with van der Waals surface area (Å²) in [6.07, 6.45) is 0. The second-order valence-corrected chi connectivity index (χ2v) is 6.73. The lowest BCUT2D eigenvalue weighted by molar-refractivity contribution is 0.396. The van der Waals surface area contributed by atoms with E-state index in [4.69, 9.17) is 5.26 Å². The van der Waals surface area contributed by atoms with Crippen molar-refractivity contribution in [2.75, 3.05) is 6.54 Å². The first-order chi connectivity index (χ1) is 8.59. The predicted octanol–water partition coefficient (Wildman–Crippen LogP) is 3.78. The second kappa shape index (κ2) is 5.35. The first kappa shape index (κ1) is 15.7. The number of nitriles is 1. The molecule has 2 heteroatoms. The highest BCUT2D eigenvalue weighted by molar-refractivity contribution is 5.40. The summed E-state index contributed by atoms with van der Waals surface area (Å²) in [6.45, 7) is 15.5. The zero-order valence-electron chi connectivity index (χ0n) is 13.3. The van der Waals surface area contributed by atoms with Crippen LogP contribution in [0, 0.1) is 32.1 Å². The Morgan fingerprint density at radius 1 is 1.00 bits per heavy atom. The summed E-state index contributed by atoms with van der Waals surface area (Å²) in [4.78, 5) is 0.